The number of nitrogens with one attached hydrogen (secondary N) is 1. The van der Waals surface area contributed by atoms with Gasteiger partial charge in [0.2, 0.25) is 5.91 Å². The van der Waals surface area contributed by atoms with Gasteiger partial charge in [-0.25, -0.2) is 9.78 Å². The highest BCUT2D eigenvalue weighted by atomic mass is 32.2. The van der Waals surface area contributed by atoms with Crippen LogP contribution in [0, 0.1) is 17.2 Å². The maximum absolute atomic E-state index is 12.4. The number of aliphatic hydroxyl groups is 1. The molecule has 0 aliphatic carbocycles. The fraction of sp³-hybridized carbons (Fsp3) is 0.300. The summed E-state index contributed by atoms with van der Waals surface area (Å²) in [5, 5.41) is 29.0. The molecule has 2 aromatic rings. The SMILES string of the molecule is C[C@@H](O)[C@H]1C(=O)N2C(C(=O)O)=C(Sc3nc(-c4ccc(C(=N)N)cc4)cs3)[C@H](C)[C@H]12. The predicted octanol–water partition coefficient (Wildman–Crippen LogP) is 2.34. The normalized spacial score (nSPS) is 23.9. The van der Waals surface area contributed by atoms with Crippen molar-refractivity contribution in [3.63, 3.8) is 0 Å². The van der Waals surface area contributed by atoms with Crippen LogP contribution in [0.3, 0.4) is 0 Å². The Morgan fingerprint density at radius 1 is 1.37 bits per heavy atom. The average Bonchev–Trinajstić information content (AvgIpc) is 3.24. The van der Waals surface area contributed by atoms with Crippen molar-refractivity contribution >= 4 is 40.8 Å². The van der Waals surface area contributed by atoms with Gasteiger partial charge in [0.05, 0.1) is 23.8 Å². The lowest BCUT2D eigenvalue weighted by molar-refractivity contribution is -0.163. The smallest absolute Gasteiger partial charge is 0.353 e. The quantitative estimate of drug-likeness (QED) is 0.304. The van der Waals surface area contributed by atoms with Crippen molar-refractivity contribution in [1.82, 2.24) is 9.88 Å². The number of thioether (sulfide) groups is 1. The second-order valence-corrected chi connectivity index (χ2v) is 9.51. The number of aliphatic hydroxyl groups excluding tert-OH is 1. The molecular formula is C20H20N4O4S2. The molecule has 8 nitrogen and oxygen atoms in total. The Labute approximate surface area is 180 Å². The summed E-state index contributed by atoms with van der Waals surface area (Å²) in [4.78, 5) is 30.8. The minimum Gasteiger partial charge on any atom is -0.477 e. The van der Waals surface area contributed by atoms with Crippen LogP contribution in [-0.4, -0.2) is 50.0 Å². The lowest BCUT2D eigenvalue weighted by atomic mass is 9.79. The zero-order valence-electron chi connectivity index (χ0n) is 16.2. The number of nitrogens with two attached hydrogens (primary N) is 1. The van der Waals surface area contributed by atoms with E-state index in [1.165, 1.54) is 28.0 Å². The van der Waals surface area contributed by atoms with Crippen LogP contribution in [0.2, 0.25) is 0 Å². The molecule has 156 valence electrons. The van der Waals surface area contributed by atoms with Crippen LogP contribution in [0.25, 0.3) is 11.3 Å². The van der Waals surface area contributed by atoms with Crippen LogP contribution in [0.5, 0.6) is 0 Å². The largest absolute Gasteiger partial charge is 0.477 e. The van der Waals surface area contributed by atoms with Crippen molar-refractivity contribution in [1.29, 1.82) is 5.41 Å². The number of carbonyl (C=O) groups is 2. The first-order valence-corrected chi connectivity index (χ1v) is 11.0. The summed E-state index contributed by atoms with van der Waals surface area (Å²) in [6.07, 6.45) is -0.829. The van der Waals surface area contributed by atoms with Gasteiger partial charge in [0.1, 0.15) is 11.5 Å². The fourth-order valence-corrected chi connectivity index (χ4v) is 6.11. The molecule has 30 heavy (non-hydrogen) atoms. The molecule has 0 spiro atoms. The number of aliphatic carboxylic acids is 1. The van der Waals surface area contributed by atoms with Crippen molar-refractivity contribution in [2.24, 2.45) is 17.6 Å². The van der Waals surface area contributed by atoms with E-state index in [0.717, 1.165) is 11.3 Å². The van der Waals surface area contributed by atoms with Crippen molar-refractivity contribution in [3.05, 3.63) is 45.8 Å². The third-order valence-electron chi connectivity index (χ3n) is 5.48. The fourth-order valence-electron chi connectivity index (χ4n) is 4.01. The van der Waals surface area contributed by atoms with Gasteiger partial charge in [0, 0.05) is 27.3 Å². The first-order valence-electron chi connectivity index (χ1n) is 9.27. The molecule has 1 saturated heterocycles. The number of carboxylic acid groups (broad SMARTS) is 1. The van der Waals surface area contributed by atoms with Crippen LogP contribution < -0.4 is 5.73 Å². The Balaban J connectivity index is 1.61. The number of benzene rings is 1. The van der Waals surface area contributed by atoms with E-state index >= 15 is 0 Å². The highest BCUT2D eigenvalue weighted by Gasteiger charge is 2.60. The van der Waals surface area contributed by atoms with Crippen molar-refractivity contribution in [3.8, 4) is 11.3 Å². The summed E-state index contributed by atoms with van der Waals surface area (Å²) in [5.74, 6) is -2.30. The van der Waals surface area contributed by atoms with Gasteiger partial charge in [-0.1, -0.05) is 43.0 Å². The minimum atomic E-state index is -1.15. The van der Waals surface area contributed by atoms with Crippen LogP contribution in [-0.2, 0) is 9.59 Å². The maximum Gasteiger partial charge on any atom is 0.353 e. The second-order valence-electron chi connectivity index (χ2n) is 7.36. The van der Waals surface area contributed by atoms with Gasteiger partial charge in [0.25, 0.3) is 0 Å². The van der Waals surface area contributed by atoms with Crippen molar-refractivity contribution in [2.75, 3.05) is 0 Å². The first-order chi connectivity index (χ1) is 14.2. The van der Waals surface area contributed by atoms with Crippen molar-refractivity contribution < 1.29 is 19.8 Å². The third kappa shape index (κ3) is 3.21. The number of carboxylic acids is 1. The van der Waals surface area contributed by atoms with Gasteiger partial charge < -0.3 is 20.8 Å². The topological polar surface area (TPSA) is 141 Å². The van der Waals surface area contributed by atoms with Crippen LogP contribution in [0.4, 0.5) is 0 Å². The number of amides is 1. The van der Waals surface area contributed by atoms with E-state index in [2.05, 4.69) is 4.98 Å². The standard InChI is InChI=1S/C20H20N4O4S2/c1-8-14-13(9(2)25)18(26)24(14)15(19(27)28)16(8)30-20-23-12(7-29-20)10-3-5-11(6-4-10)17(21)22/h3-9,13-14,25H,1-2H3,(H3,21,22)(H,27,28)/t8-,9-,13-,14-/m1/s1. The van der Waals surface area contributed by atoms with E-state index in [-0.39, 0.29) is 29.4 Å². The molecule has 4 rings (SSSR count). The number of fused-ring (bicyclic) bond motifs is 1. The number of thiazole rings is 1. The molecule has 1 amide bonds. The Bertz CT molecular complexity index is 1080. The molecule has 2 aliphatic rings. The summed E-state index contributed by atoms with van der Waals surface area (Å²) in [6, 6.07) is 6.82. The summed E-state index contributed by atoms with van der Waals surface area (Å²) in [6.45, 7) is 3.44. The van der Waals surface area contributed by atoms with Gasteiger partial charge in [0.15, 0.2) is 4.34 Å². The average molecular weight is 445 g/mol. The molecule has 5 N–H and O–H groups in total. The lowest BCUT2D eigenvalue weighted by Gasteiger charge is -2.46. The van der Waals surface area contributed by atoms with Gasteiger partial charge in [-0.3, -0.25) is 10.2 Å². The van der Waals surface area contributed by atoms with Gasteiger partial charge in [-0.15, -0.1) is 11.3 Å². The lowest BCUT2D eigenvalue weighted by Crippen LogP contribution is -2.63. The number of hydrogen-bond acceptors (Lipinski definition) is 7. The van der Waals surface area contributed by atoms with Crippen LogP contribution >= 0.6 is 23.1 Å². The molecule has 1 aromatic heterocycles. The number of carbonyl (C=O) groups excluding carboxylic acids is 1. The number of amidine groups is 1. The zero-order valence-corrected chi connectivity index (χ0v) is 17.8. The van der Waals surface area contributed by atoms with E-state index < -0.39 is 18.0 Å². The van der Waals surface area contributed by atoms with Crippen molar-refractivity contribution in [2.45, 2.75) is 30.3 Å². The third-order valence-corrected chi connectivity index (χ3v) is 7.71. The molecule has 0 radical (unpaired) electrons. The molecule has 1 fully saturated rings. The zero-order chi connectivity index (χ0) is 21.7. The molecule has 1 aromatic carbocycles. The van der Waals surface area contributed by atoms with Gasteiger partial charge in [-0.2, -0.15) is 0 Å². The maximum atomic E-state index is 12.4. The summed E-state index contributed by atoms with van der Waals surface area (Å²) < 4.78 is 0.671. The highest BCUT2D eigenvalue weighted by Crippen LogP contribution is 2.52. The van der Waals surface area contributed by atoms with Gasteiger partial charge >= 0.3 is 5.97 Å². The molecule has 0 bridgehead atoms. The summed E-state index contributed by atoms with van der Waals surface area (Å²) in [7, 11) is 0. The Morgan fingerprint density at radius 3 is 2.60 bits per heavy atom. The van der Waals surface area contributed by atoms with Crippen LogP contribution in [0.15, 0.2) is 44.6 Å². The first kappa shape index (κ1) is 20.6. The summed E-state index contributed by atoms with van der Waals surface area (Å²) in [5.41, 5.74) is 7.70. The highest BCUT2D eigenvalue weighted by molar-refractivity contribution is 8.04. The number of hydrogen-bond donors (Lipinski definition) is 4. The van der Waals surface area contributed by atoms with E-state index in [1.807, 2.05) is 24.4 Å². The molecular weight excluding hydrogens is 424 g/mol. The molecule has 4 atom stereocenters. The molecule has 3 heterocycles. The van der Waals surface area contributed by atoms with E-state index in [1.54, 1.807) is 19.1 Å². The molecule has 0 saturated carbocycles. The number of aromatic nitrogens is 1. The Hall–Kier alpha value is -2.69. The van der Waals surface area contributed by atoms with E-state index in [0.29, 0.717) is 14.8 Å². The second kappa shape index (κ2) is 7.53. The number of nitrogen functional groups attached to an aromatic ring is 1. The summed E-state index contributed by atoms with van der Waals surface area (Å²) >= 11 is 2.65. The molecule has 10 heteroatoms. The minimum absolute atomic E-state index is 0.00545. The van der Waals surface area contributed by atoms with E-state index in [4.69, 9.17) is 11.1 Å². The Morgan fingerprint density at radius 2 is 2.03 bits per heavy atom. The van der Waals surface area contributed by atoms with E-state index in [9.17, 15) is 19.8 Å². The monoisotopic (exact) mass is 444 g/mol. The number of β-lactam (4-membered cyclic amide) rings is 1. The molecule has 2 aliphatic heterocycles. The predicted molar refractivity (Wildman–Crippen MR) is 114 cm³/mol. The van der Waals surface area contributed by atoms with Crippen LogP contribution in [0.1, 0.15) is 19.4 Å². The Kier molecular flexibility index (Phi) is 5.16. The molecule has 0 unspecified atom stereocenters. The number of nitrogens with zero attached hydrogens (tertiary/aromatic N) is 2. The number of rotatable bonds is 6. The van der Waals surface area contributed by atoms with Gasteiger partial charge in [-0.05, 0) is 6.92 Å².